The highest BCUT2D eigenvalue weighted by Crippen LogP contribution is 2.47. The van der Waals surface area contributed by atoms with Gasteiger partial charge in [0.05, 0.1) is 41.2 Å². The first-order valence-electron chi connectivity index (χ1n) is 14.1. The predicted molar refractivity (Wildman–Crippen MR) is 175 cm³/mol. The van der Waals surface area contributed by atoms with E-state index in [-0.39, 0.29) is 5.91 Å². The summed E-state index contributed by atoms with van der Waals surface area (Å²) in [5.41, 5.74) is 5.06. The Bertz CT molecular complexity index is 1870. The largest absolute Gasteiger partial charge is 0.495 e. The van der Waals surface area contributed by atoms with Gasteiger partial charge in [-0.1, -0.05) is 35.8 Å². The summed E-state index contributed by atoms with van der Waals surface area (Å²) in [6.07, 6.45) is 6.77. The zero-order valence-corrected chi connectivity index (χ0v) is 26.0. The molecule has 0 aliphatic carbocycles. The molecule has 2 N–H and O–H groups in total. The number of likely N-dealkylation sites (tertiary alicyclic amines) is 1. The number of ether oxygens (including phenoxy) is 2. The third kappa shape index (κ3) is 5.52. The fraction of sp³-hybridized carbons (Fsp3) is 0.250. The van der Waals surface area contributed by atoms with Crippen molar-refractivity contribution in [3.63, 3.8) is 0 Å². The minimum atomic E-state index is -0.287. The lowest BCUT2D eigenvalue weighted by Gasteiger charge is -2.29. The summed E-state index contributed by atoms with van der Waals surface area (Å²) in [7, 11) is 5.20. The number of methoxy groups -OCH3 is 2. The fourth-order valence-electron chi connectivity index (χ4n) is 5.66. The highest BCUT2D eigenvalue weighted by molar-refractivity contribution is 6.41. The van der Waals surface area contributed by atoms with Crippen LogP contribution in [-0.2, 0) is 4.79 Å². The molecule has 1 aliphatic heterocycles. The van der Waals surface area contributed by atoms with Crippen LogP contribution in [0.4, 0.5) is 17.2 Å². The summed E-state index contributed by atoms with van der Waals surface area (Å²) in [6.45, 7) is 5.70. The van der Waals surface area contributed by atoms with Crippen LogP contribution in [0.25, 0.3) is 27.7 Å². The number of benzene rings is 2. The van der Waals surface area contributed by atoms with Crippen molar-refractivity contribution in [2.75, 3.05) is 45.0 Å². The molecule has 4 heterocycles. The number of nitrogens with zero attached hydrogens (tertiary/aromatic N) is 5. The van der Waals surface area contributed by atoms with E-state index in [0.29, 0.717) is 61.4 Å². The molecule has 1 saturated heterocycles. The Morgan fingerprint density at radius 3 is 2.45 bits per heavy atom. The van der Waals surface area contributed by atoms with Gasteiger partial charge in [-0.3, -0.25) is 9.20 Å². The van der Waals surface area contributed by atoms with Gasteiger partial charge in [0.2, 0.25) is 5.91 Å². The maximum Gasteiger partial charge on any atom is 0.247 e. The van der Waals surface area contributed by atoms with Gasteiger partial charge in [0.15, 0.2) is 5.65 Å². The predicted octanol–water partition coefficient (Wildman–Crippen LogP) is 6.95. The van der Waals surface area contributed by atoms with Crippen LogP contribution < -0.4 is 20.1 Å². The maximum absolute atomic E-state index is 12.4. The van der Waals surface area contributed by atoms with Crippen LogP contribution in [0.2, 0.25) is 10.0 Å². The number of amides is 1. The van der Waals surface area contributed by atoms with E-state index in [1.54, 1.807) is 18.6 Å². The number of halogens is 2. The topological polar surface area (TPSA) is 106 Å². The number of pyridine rings is 2. The molecule has 1 aliphatic rings. The SMILES string of the molecule is C=CC(=O)Nc1cc(C2CCN(C)CC2)ccc1Nc1cc2c(cn1)cc(-c1c(Cl)c(OC)cc(OC)c1Cl)c1nncn12. The van der Waals surface area contributed by atoms with E-state index in [1.807, 2.05) is 28.7 Å². The molecule has 1 fully saturated rings. The highest BCUT2D eigenvalue weighted by Gasteiger charge is 2.23. The van der Waals surface area contributed by atoms with Crippen molar-refractivity contribution in [2.24, 2.45) is 0 Å². The molecule has 1 amide bonds. The van der Waals surface area contributed by atoms with Crippen LogP contribution in [0.3, 0.4) is 0 Å². The molecule has 0 bridgehead atoms. The van der Waals surface area contributed by atoms with Crippen molar-refractivity contribution < 1.29 is 14.3 Å². The maximum atomic E-state index is 12.4. The van der Waals surface area contributed by atoms with Crippen LogP contribution in [0, 0.1) is 0 Å². The van der Waals surface area contributed by atoms with E-state index in [1.165, 1.54) is 25.9 Å². The van der Waals surface area contributed by atoms with Gasteiger partial charge in [-0.25, -0.2) is 4.98 Å². The molecule has 0 unspecified atom stereocenters. The molecule has 2 aromatic carbocycles. The average Bonchev–Trinajstić information content (AvgIpc) is 3.53. The molecule has 0 saturated carbocycles. The van der Waals surface area contributed by atoms with E-state index in [4.69, 9.17) is 32.7 Å². The van der Waals surface area contributed by atoms with Gasteiger partial charge in [0.25, 0.3) is 0 Å². The number of carbonyl (C=O) groups excluding carboxylic acids is 1. The summed E-state index contributed by atoms with van der Waals surface area (Å²) in [4.78, 5) is 19.4. The van der Waals surface area contributed by atoms with Gasteiger partial charge < -0.3 is 25.0 Å². The van der Waals surface area contributed by atoms with Crippen molar-refractivity contribution >= 4 is 62.9 Å². The molecular formula is C32H31Cl2N7O3. The molecule has 226 valence electrons. The molecule has 5 aromatic rings. The molecular weight excluding hydrogens is 601 g/mol. The molecule has 0 radical (unpaired) electrons. The van der Waals surface area contributed by atoms with Gasteiger partial charge in [0.1, 0.15) is 23.6 Å². The summed E-state index contributed by atoms with van der Waals surface area (Å²) < 4.78 is 12.8. The van der Waals surface area contributed by atoms with Gasteiger partial charge in [-0.2, -0.15) is 0 Å². The normalized spacial score (nSPS) is 14.1. The quantitative estimate of drug-likeness (QED) is 0.177. The Morgan fingerprint density at radius 2 is 1.77 bits per heavy atom. The summed E-state index contributed by atoms with van der Waals surface area (Å²) >= 11 is 13.5. The molecule has 10 nitrogen and oxygen atoms in total. The van der Waals surface area contributed by atoms with Crippen molar-refractivity contribution in [1.82, 2.24) is 24.5 Å². The first-order valence-corrected chi connectivity index (χ1v) is 14.8. The van der Waals surface area contributed by atoms with Crippen molar-refractivity contribution in [3.8, 4) is 22.6 Å². The van der Waals surface area contributed by atoms with Crippen molar-refractivity contribution in [1.29, 1.82) is 0 Å². The summed E-state index contributed by atoms with van der Waals surface area (Å²) in [5, 5.41) is 16.3. The van der Waals surface area contributed by atoms with Gasteiger partial charge >= 0.3 is 0 Å². The number of hydrogen-bond donors (Lipinski definition) is 2. The number of anilines is 3. The zero-order chi connectivity index (χ0) is 31.0. The third-order valence-electron chi connectivity index (χ3n) is 8.04. The molecule has 0 spiro atoms. The Balaban J connectivity index is 1.41. The van der Waals surface area contributed by atoms with Crippen molar-refractivity contribution in [2.45, 2.75) is 18.8 Å². The molecule has 6 rings (SSSR count). The fourth-order valence-corrected chi connectivity index (χ4v) is 6.36. The second-order valence-electron chi connectivity index (χ2n) is 10.7. The Kier molecular flexibility index (Phi) is 8.31. The lowest BCUT2D eigenvalue weighted by Crippen LogP contribution is -2.29. The minimum absolute atomic E-state index is 0.287. The Morgan fingerprint density at radius 1 is 1.05 bits per heavy atom. The van der Waals surface area contributed by atoms with Crippen LogP contribution in [-0.4, -0.2) is 64.7 Å². The molecule has 44 heavy (non-hydrogen) atoms. The Labute approximate surface area is 264 Å². The number of piperidine rings is 1. The lowest BCUT2D eigenvalue weighted by atomic mass is 9.89. The molecule has 0 atom stereocenters. The van der Waals surface area contributed by atoms with E-state index < -0.39 is 0 Å². The van der Waals surface area contributed by atoms with Gasteiger partial charge in [-0.05, 0) is 68.7 Å². The monoisotopic (exact) mass is 631 g/mol. The van der Waals surface area contributed by atoms with E-state index in [2.05, 4.69) is 50.4 Å². The third-order valence-corrected chi connectivity index (χ3v) is 8.79. The number of aromatic nitrogens is 4. The van der Waals surface area contributed by atoms with Gasteiger partial charge in [-0.15, -0.1) is 10.2 Å². The van der Waals surface area contributed by atoms with Crippen LogP contribution in [0.1, 0.15) is 24.3 Å². The van der Waals surface area contributed by atoms with Crippen LogP contribution in [0.15, 0.2) is 61.6 Å². The number of rotatable bonds is 8. The second kappa shape index (κ2) is 12.3. The Hall–Kier alpha value is -4.38. The van der Waals surface area contributed by atoms with Crippen LogP contribution in [0.5, 0.6) is 11.5 Å². The number of hydrogen-bond acceptors (Lipinski definition) is 8. The number of carbonyl (C=O) groups is 1. The van der Waals surface area contributed by atoms with E-state index >= 15 is 0 Å². The second-order valence-corrected chi connectivity index (χ2v) is 11.5. The minimum Gasteiger partial charge on any atom is -0.495 e. The highest BCUT2D eigenvalue weighted by atomic mass is 35.5. The standard InChI is InChI=1S/C32H31Cl2N7O3/c1-5-28(42)38-23-13-19(18-8-10-40(2)11-9-18)6-7-22(23)37-27-14-24-20(16-35-27)12-21(32-39-36-17-41(24)32)29-30(33)25(43-3)15-26(44-4)31(29)34/h5-7,12-18H,1,8-11H2,2-4H3,(H,35,37)(H,38,42). The summed E-state index contributed by atoms with van der Waals surface area (Å²) in [5.74, 6) is 1.55. The molecule has 3 aromatic heterocycles. The van der Waals surface area contributed by atoms with Crippen molar-refractivity contribution in [3.05, 3.63) is 77.2 Å². The molecule has 12 heteroatoms. The zero-order valence-electron chi connectivity index (χ0n) is 24.5. The number of fused-ring (bicyclic) bond motifs is 3. The first kappa shape index (κ1) is 29.7. The average molecular weight is 633 g/mol. The smallest absolute Gasteiger partial charge is 0.247 e. The van der Waals surface area contributed by atoms with Crippen LogP contribution >= 0.6 is 23.2 Å². The van der Waals surface area contributed by atoms with E-state index in [9.17, 15) is 4.79 Å². The van der Waals surface area contributed by atoms with E-state index in [0.717, 1.165) is 36.8 Å². The van der Waals surface area contributed by atoms with Gasteiger partial charge in [0, 0.05) is 34.8 Å². The number of nitrogens with one attached hydrogen (secondary N) is 2. The summed E-state index contributed by atoms with van der Waals surface area (Å²) in [6, 6.07) is 11.6. The lowest BCUT2D eigenvalue weighted by molar-refractivity contribution is -0.111. The first-order chi connectivity index (χ1) is 21.3.